The minimum Gasteiger partial charge on any atom is -0.382 e. The van der Waals surface area contributed by atoms with Crippen molar-refractivity contribution in [2.75, 3.05) is 20.3 Å². The van der Waals surface area contributed by atoms with Crippen molar-refractivity contribution >= 4 is 0 Å². The SMILES string of the molecule is C=CCC1(CCC(C)OC)CCOCC1. The smallest absolute Gasteiger partial charge is 0.0543 e. The number of rotatable bonds is 6. The highest BCUT2D eigenvalue weighted by Gasteiger charge is 2.31. The summed E-state index contributed by atoms with van der Waals surface area (Å²) in [6.07, 6.45) is 8.27. The zero-order chi connectivity index (χ0) is 11.1. The van der Waals surface area contributed by atoms with E-state index in [0.29, 0.717) is 11.5 Å². The number of methoxy groups -OCH3 is 1. The molecule has 0 aromatic carbocycles. The fourth-order valence-corrected chi connectivity index (χ4v) is 2.29. The Bertz CT molecular complexity index is 183. The molecule has 0 spiro atoms. The van der Waals surface area contributed by atoms with Crippen LogP contribution in [0.3, 0.4) is 0 Å². The minimum absolute atomic E-state index is 0.370. The maximum absolute atomic E-state index is 5.44. The second-order valence-electron chi connectivity index (χ2n) is 4.69. The molecule has 0 N–H and O–H groups in total. The van der Waals surface area contributed by atoms with Crippen LogP contribution in [0.25, 0.3) is 0 Å². The molecule has 1 aliphatic rings. The summed E-state index contributed by atoms with van der Waals surface area (Å²) in [4.78, 5) is 0. The molecule has 1 fully saturated rings. The van der Waals surface area contributed by atoms with Crippen molar-refractivity contribution in [2.24, 2.45) is 5.41 Å². The van der Waals surface area contributed by atoms with E-state index in [9.17, 15) is 0 Å². The molecule has 0 amide bonds. The monoisotopic (exact) mass is 212 g/mol. The molecule has 0 aromatic heterocycles. The van der Waals surface area contributed by atoms with Crippen molar-refractivity contribution < 1.29 is 9.47 Å². The Balaban J connectivity index is 2.44. The third-order valence-electron chi connectivity index (χ3n) is 3.61. The molecule has 0 radical (unpaired) electrons. The van der Waals surface area contributed by atoms with Crippen molar-refractivity contribution in [1.82, 2.24) is 0 Å². The van der Waals surface area contributed by atoms with Crippen LogP contribution in [0.4, 0.5) is 0 Å². The van der Waals surface area contributed by atoms with Crippen LogP contribution in [0, 0.1) is 5.41 Å². The maximum atomic E-state index is 5.44. The number of ether oxygens (including phenoxy) is 2. The van der Waals surface area contributed by atoms with Gasteiger partial charge in [0.25, 0.3) is 0 Å². The first-order valence-corrected chi connectivity index (χ1v) is 5.94. The van der Waals surface area contributed by atoms with E-state index in [4.69, 9.17) is 9.47 Å². The molecule has 2 heteroatoms. The molecule has 1 heterocycles. The third-order valence-corrected chi connectivity index (χ3v) is 3.61. The molecule has 1 saturated heterocycles. The van der Waals surface area contributed by atoms with E-state index in [-0.39, 0.29) is 0 Å². The molecule has 1 rings (SSSR count). The highest BCUT2D eigenvalue weighted by Crippen LogP contribution is 2.39. The lowest BCUT2D eigenvalue weighted by atomic mass is 9.73. The fraction of sp³-hybridized carbons (Fsp3) is 0.846. The van der Waals surface area contributed by atoms with Gasteiger partial charge in [-0.2, -0.15) is 0 Å². The van der Waals surface area contributed by atoms with E-state index in [1.807, 2.05) is 0 Å². The van der Waals surface area contributed by atoms with E-state index < -0.39 is 0 Å². The first kappa shape index (κ1) is 12.7. The van der Waals surface area contributed by atoms with Gasteiger partial charge in [0.2, 0.25) is 0 Å². The predicted molar refractivity (Wildman–Crippen MR) is 63.0 cm³/mol. The van der Waals surface area contributed by atoms with E-state index >= 15 is 0 Å². The Morgan fingerprint density at radius 3 is 2.67 bits per heavy atom. The molecule has 0 bridgehead atoms. The molecule has 0 saturated carbocycles. The standard InChI is InChI=1S/C13H24O2/c1-4-6-13(7-5-12(2)14-3)8-10-15-11-9-13/h4,12H,1,5-11H2,2-3H3. The zero-order valence-electron chi connectivity index (χ0n) is 10.1. The molecule has 1 atom stereocenters. The lowest BCUT2D eigenvalue weighted by Gasteiger charge is -2.37. The van der Waals surface area contributed by atoms with Crippen molar-refractivity contribution in [3.63, 3.8) is 0 Å². The highest BCUT2D eigenvalue weighted by atomic mass is 16.5. The van der Waals surface area contributed by atoms with Gasteiger partial charge < -0.3 is 9.47 Å². The number of hydrogen-bond acceptors (Lipinski definition) is 2. The summed E-state index contributed by atoms with van der Waals surface area (Å²) < 4.78 is 10.7. The summed E-state index contributed by atoms with van der Waals surface area (Å²) in [7, 11) is 1.79. The molecule has 1 unspecified atom stereocenters. The van der Waals surface area contributed by atoms with Crippen LogP contribution in [-0.2, 0) is 9.47 Å². The third kappa shape index (κ3) is 3.96. The lowest BCUT2D eigenvalue weighted by molar-refractivity contribution is 0.00155. The van der Waals surface area contributed by atoms with Crippen LogP contribution in [0.5, 0.6) is 0 Å². The summed E-state index contributed by atoms with van der Waals surface area (Å²) >= 11 is 0. The average molecular weight is 212 g/mol. The summed E-state index contributed by atoms with van der Waals surface area (Å²) in [6, 6.07) is 0. The second kappa shape index (κ2) is 6.29. The van der Waals surface area contributed by atoms with Crippen LogP contribution < -0.4 is 0 Å². The van der Waals surface area contributed by atoms with Crippen LogP contribution >= 0.6 is 0 Å². The van der Waals surface area contributed by atoms with Gasteiger partial charge in [-0.15, -0.1) is 6.58 Å². The molecule has 1 aliphatic heterocycles. The summed E-state index contributed by atoms with van der Waals surface area (Å²) in [5.41, 5.74) is 0.437. The predicted octanol–water partition coefficient (Wildman–Crippen LogP) is 3.17. The first-order valence-electron chi connectivity index (χ1n) is 5.94. The average Bonchev–Trinajstić information content (AvgIpc) is 2.28. The van der Waals surface area contributed by atoms with Crippen LogP contribution in [-0.4, -0.2) is 26.4 Å². The van der Waals surface area contributed by atoms with Gasteiger partial charge in [0.15, 0.2) is 0 Å². The molecule has 0 aromatic rings. The largest absolute Gasteiger partial charge is 0.382 e. The number of allylic oxidation sites excluding steroid dienone is 1. The van der Waals surface area contributed by atoms with Crippen LogP contribution in [0.2, 0.25) is 0 Å². The van der Waals surface area contributed by atoms with Gasteiger partial charge in [-0.05, 0) is 44.4 Å². The maximum Gasteiger partial charge on any atom is 0.0543 e. The molecule has 15 heavy (non-hydrogen) atoms. The fourth-order valence-electron chi connectivity index (χ4n) is 2.29. The second-order valence-corrected chi connectivity index (χ2v) is 4.69. The van der Waals surface area contributed by atoms with Gasteiger partial charge in [0.1, 0.15) is 0 Å². The Labute approximate surface area is 93.7 Å². The normalized spacial score (nSPS) is 22.3. The summed E-state index contributed by atoms with van der Waals surface area (Å²) in [5.74, 6) is 0. The van der Waals surface area contributed by atoms with Crippen molar-refractivity contribution in [1.29, 1.82) is 0 Å². The summed E-state index contributed by atoms with van der Waals surface area (Å²) in [5, 5.41) is 0. The minimum atomic E-state index is 0.370. The summed E-state index contributed by atoms with van der Waals surface area (Å²) in [6.45, 7) is 7.84. The Kier molecular flexibility index (Phi) is 5.34. The first-order chi connectivity index (χ1) is 7.22. The molecular formula is C13H24O2. The van der Waals surface area contributed by atoms with Gasteiger partial charge in [0, 0.05) is 20.3 Å². The molecule has 0 aliphatic carbocycles. The van der Waals surface area contributed by atoms with Crippen LogP contribution in [0.15, 0.2) is 12.7 Å². The van der Waals surface area contributed by atoms with Crippen molar-refractivity contribution in [3.05, 3.63) is 12.7 Å². The quantitative estimate of drug-likeness (QED) is 0.630. The van der Waals surface area contributed by atoms with E-state index in [1.165, 1.54) is 19.3 Å². The van der Waals surface area contributed by atoms with Crippen molar-refractivity contribution in [3.8, 4) is 0 Å². The molecule has 2 nitrogen and oxygen atoms in total. The number of hydrogen-bond donors (Lipinski definition) is 0. The van der Waals surface area contributed by atoms with Gasteiger partial charge >= 0.3 is 0 Å². The van der Waals surface area contributed by atoms with Gasteiger partial charge in [-0.25, -0.2) is 0 Å². The van der Waals surface area contributed by atoms with Crippen LogP contribution in [0.1, 0.15) is 39.0 Å². The van der Waals surface area contributed by atoms with Gasteiger partial charge in [0.05, 0.1) is 6.10 Å². The van der Waals surface area contributed by atoms with Gasteiger partial charge in [-0.1, -0.05) is 6.08 Å². The Morgan fingerprint density at radius 1 is 1.47 bits per heavy atom. The lowest BCUT2D eigenvalue weighted by Crippen LogP contribution is -2.30. The van der Waals surface area contributed by atoms with E-state index in [0.717, 1.165) is 26.1 Å². The molecular weight excluding hydrogens is 188 g/mol. The Morgan fingerprint density at radius 2 is 2.13 bits per heavy atom. The van der Waals surface area contributed by atoms with E-state index in [2.05, 4.69) is 19.6 Å². The molecule has 88 valence electrons. The topological polar surface area (TPSA) is 18.5 Å². The van der Waals surface area contributed by atoms with E-state index in [1.54, 1.807) is 7.11 Å². The zero-order valence-corrected chi connectivity index (χ0v) is 10.1. The van der Waals surface area contributed by atoms with Gasteiger partial charge in [-0.3, -0.25) is 0 Å². The highest BCUT2D eigenvalue weighted by molar-refractivity contribution is 4.88. The Hall–Kier alpha value is -0.340. The van der Waals surface area contributed by atoms with Crippen molar-refractivity contribution in [2.45, 2.75) is 45.1 Å².